The number of rotatable bonds is 8. The van der Waals surface area contributed by atoms with Crippen LogP contribution in [0.5, 0.6) is 5.75 Å². The zero-order valence-electron chi connectivity index (χ0n) is 19.9. The topological polar surface area (TPSA) is 64.1 Å². The molecule has 0 bridgehead atoms. The fraction of sp³-hybridized carbons (Fsp3) is 0.520. The molecule has 1 aliphatic heterocycles. The Bertz CT molecular complexity index is 990. The minimum atomic E-state index is -3.50. The first kappa shape index (κ1) is 24.7. The first-order valence-electron chi connectivity index (χ1n) is 11.6. The number of aromatic hydroxyl groups is 1. The maximum absolute atomic E-state index is 12.9. The van der Waals surface area contributed by atoms with Crippen LogP contribution in [0.1, 0.15) is 51.8 Å². The molecule has 3 unspecified atom stereocenters. The molecule has 32 heavy (non-hydrogen) atoms. The predicted molar refractivity (Wildman–Crippen MR) is 129 cm³/mol. The molecular weight excluding hydrogens is 422 g/mol. The van der Waals surface area contributed by atoms with Crippen molar-refractivity contribution in [1.29, 1.82) is 0 Å². The normalized spacial score (nSPS) is 21.7. The van der Waals surface area contributed by atoms with E-state index in [0.29, 0.717) is 30.1 Å². The van der Waals surface area contributed by atoms with E-state index < -0.39 is 10.0 Å². The third-order valence-corrected chi connectivity index (χ3v) is 8.69. The van der Waals surface area contributed by atoms with E-state index in [9.17, 15) is 13.5 Å². The Kier molecular flexibility index (Phi) is 7.98. The lowest BCUT2D eigenvalue weighted by atomic mass is 9.93. The minimum absolute atomic E-state index is 0.0660. The maximum atomic E-state index is 12.9. The van der Waals surface area contributed by atoms with E-state index in [1.807, 2.05) is 44.2 Å². The summed E-state index contributed by atoms with van der Waals surface area (Å²) < 4.78 is 27.3. The number of hydrogen-bond donors (Lipinski definition) is 1. The van der Waals surface area contributed by atoms with Crippen molar-refractivity contribution in [3.8, 4) is 5.75 Å². The predicted octanol–water partition coefficient (Wildman–Crippen LogP) is 3.93. The van der Waals surface area contributed by atoms with Crippen LogP contribution in [0.15, 0.2) is 53.4 Å². The summed E-state index contributed by atoms with van der Waals surface area (Å²) in [6.45, 7) is 14.2. The monoisotopic (exact) mass is 459 g/mol. The van der Waals surface area contributed by atoms with Crippen molar-refractivity contribution in [3.63, 3.8) is 0 Å². The Labute approximate surface area is 193 Å². The lowest BCUT2D eigenvalue weighted by Gasteiger charge is -2.47. The average Bonchev–Trinajstić information content (AvgIpc) is 2.77. The fourth-order valence-electron chi connectivity index (χ4n) is 4.83. The molecule has 6 nitrogen and oxygen atoms in total. The molecule has 0 amide bonds. The third kappa shape index (κ3) is 5.01. The molecule has 1 N–H and O–H groups in total. The molecule has 1 aliphatic rings. The number of phenolic OH excluding ortho intramolecular Hbond substituents is 1. The molecule has 2 aromatic carbocycles. The average molecular weight is 460 g/mol. The van der Waals surface area contributed by atoms with Gasteiger partial charge in [0.2, 0.25) is 10.0 Å². The van der Waals surface area contributed by atoms with Crippen LogP contribution < -0.4 is 0 Å². The summed E-state index contributed by atoms with van der Waals surface area (Å²) in [4.78, 5) is 5.27. The highest BCUT2D eigenvalue weighted by Gasteiger charge is 2.34. The number of benzene rings is 2. The fourth-order valence-corrected chi connectivity index (χ4v) is 6.29. The van der Waals surface area contributed by atoms with Crippen LogP contribution in [0.25, 0.3) is 0 Å². The van der Waals surface area contributed by atoms with Gasteiger partial charge < -0.3 is 5.11 Å². The van der Waals surface area contributed by atoms with Crippen LogP contribution in [0.2, 0.25) is 0 Å². The zero-order chi connectivity index (χ0) is 23.5. The molecule has 7 heteroatoms. The summed E-state index contributed by atoms with van der Waals surface area (Å²) in [5.74, 6) is 0.237. The summed E-state index contributed by atoms with van der Waals surface area (Å²) in [7, 11) is -3.50. The summed E-state index contributed by atoms with van der Waals surface area (Å²) >= 11 is 0. The van der Waals surface area contributed by atoms with E-state index in [0.717, 1.165) is 30.8 Å². The summed E-state index contributed by atoms with van der Waals surface area (Å²) in [6.07, 6.45) is 0. The van der Waals surface area contributed by atoms with Crippen molar-refractivity contribution in [2.24, 2.45) is 0 Å². The van der Waals surface area contributed by atoms with Gasteiger partial charge in [0, 0.05) is 38.3 Å². The number of sulfonamides is 1. The van der Waals surface area contributed by atoms with E-state index in [1.54, 1.807) is 18.2 Å². The van der Waals surface area contributed by atoms with Crippen molar-refractivity contribution in [2.75, 3.05) is 32.7 Å². The van der Waals surface area contributed by atoms with Gasteiger partial charge in [-0.1, -0.05) is 45.0 Å². The molecule has 1 heterocycles. The summed E-state index contributed by atoms with van der Waals surface area (Å²) in [5.41, 5.74) is 2.03. The molecule has 2 aromatic rings. The molecule has 0 radical (unpaired) electrons. The molecule has 0 aliphatic carbocycles. The van der Waals surface area contributed by atoms with Gasteiger partial charge >= 0.3 is 0 Å². The van der Waals surface area contributed by atoms with Crippen molar-refractivity contribution in [3.05, 3.63) is 59.7 Å². The quantitative estimate of drug-likeness (QED) is 0.648. The lowest BCUT2D eigenvalue weighted by molar-refractivity contribution is 0.0270. The van der Waals surface area contributed by atoms with Gasteiger partial charge in [0.1, 0.15) is 5.75 Å². The second-order valence-electron chi connectivity index (χ2n) is 8.64. The number of hydrogen-bond acceptors (Lipinski definition) is 5. The standard InChI is InChI=1S/C25H37N3O3S/c1-6-26-17-20(5)28(18-19(26)4)25(22-10-9-11-23(29)16-22)21-12-14-24(15-13-21)32(30,31)27(7-2)8-3/h9-16,19-20,25,29H,6-8,17-18H2,1-5H3. The van der Waals surface area contributed by atoms with Gasteiger partial charge in [-0.05, 0) is 55.8 Å². The van der Waals surface area contributed by atoms with Crippen LogP contribution in [-0.4, -0.2) is 72.4 Å². The zero-order valence-corrected chi connectivity index (χ0v) is 20.7. The molecule has 176 valence electrons. The highest BCUT2D eigenvalue weighted by atomic mass is 32.2. The molecule has 0 spiro atoms. The van der Waals surface area contributed by atoms with Gasteiger partial charge in [0.15, 0.2) is 0 Å². The Morgan fingerprint density at radius 2 is 1.62 bits per heavy atom. The Hall–Kier alpha value is -1.93. The van der Waals surface area contributed by atoms with Crippen molar-refractivity contribution in [1.82, 2.24) is 14.1 Å². The second-order valence-corrected chi connectivity index (χ2v) is 10.6. The molecule has 1 fully saturated rings. The largest absolute Gasteiger partial charge is 0.508 e. The number of piperazine rings is 1. The molecule has 3 rings (SSSR count). The highest BCUT2D eigenvalue weighted by molar-refractivity contribution is 7.89. The molecule has 0 aromatic heterocycles. The maximum Gasteiger partial charge on any atom is 0.243 e. The minimum Gasteiger partial charge on any atom is -0.508 e. The Morgan fingerprint density at radius 3 is 2.19 bits per heavy atom. The molecule has 1 saturated heterocycles. The van der Waals surface area contributed by atoms with Crippen LogP contribution in [0.3, 0.4) is 0 Å². The van der Waals surface area contributed by atoms with Gasteiger partial charge in [-0.15, -0.1) is 0 Å². The van der Waals surface area contributed by atoms with Gasteiger partial charge in [0.05, 0.1) is 10.9 Å². The van der Waals surface area contributed by atoms with Gasteiger partial charge in [-0.25, -0.2) is 8.42 Å². The van der Waals surface area contributed by atoms with Gasteiger partial charge in [-0.3, -0.25) is 9.80 Å². The van der Waals surface area contributed by atoms with E-state index in [4.69, 9.17) is 0 Å². The Morgan fingerprint density at radius 1 is 0.969 bits per heavy atom. The van der Waals surface area contributed by atoms with Crippen LogP contribution in [0.4, 0.5) is 0 Å². The first-order valence-corrected chi connectivity index (χ1v) is 13.1. The SMILES string of the molecule is CCN1CC(C)N(C(c2ccc(S(=O)(=O)N(CC)CC)cc2)c2cccc(O)c2)CC1C. The second kappa shape index (κ2) is 10.3. The van der Waals surface area contributed by atoms with E-state index in [1.165, 1.54) is 4.31 Å². The smallest absolute Gasteiger partial charge is 0.243 e. The Balaban J connectivity index is 2.01. The van der Waals surface area contributed by atoms with Crippen LogP contribution in [-0.2, 0) is 10.0 Å². The number of likely N-dealkylation sites (N-methyl/N-ethyl adjacent to an activating group) is 1. The molecular formula is C25H37N3O3S. The highest BCUT2D eigenvalue weighted by Crippen LogP contribution is 2.35. The first-order chi connectivity index (χ1) is 15.2. The van der Waals surface area contributed by atoms with Gasteiger partial charge in [0.25, 0.3) is 0 Å². The lowest BCUT2D eigenvalue weighted by Crippen LogP contribution is -2.57. The van der Waals surface area contributed by atoms with Crippen molar-refractivity contribution >= 4 is 10.0 Å². The molecule has 0 saturated carbocycles. The van der Waals surface area contributed by atoms with Crippen molar-refractivity contribution < 1.29 is 13.5 Å². The van der Waals surface area contributed by atoms with E-state index >= 15 is 0 Å². The number of phenols is 1. The molecule has 3 atom stereocenters. The van der Waals surface area contributed by atoms with E-state index in [-0.39, 0.29) is 11.8 Å². The summed E-state index contributed by atoms with van der Waals surface area (Å²) in [5, 5.41) is 10.2. The van der Waals surface area contributed by atoms with Crippen molar-refractivity contribution in [2.45, 2.75) is 57.6 Å². The van der Waals surface area contributed by atoms with E-state index in [2.05, 4.69) is 30.6 Å². The number of nitrogens with zero attached hydrogens (tertiary/aromatic N) is 3. The van der Waals surface area contributed by atoms with Crippen LogP contribution in [0, 0.1) is 0 Å². The van der Waals surface area contributed by atoms with Gasteiger partial charge in [-0.2, -0.15) is 4.31 Å². The summed E-state index contributed by atoms with van der Waals surface area (Å²) in [6, 6.07) is 15.4. The van der Waals surface area contributed by atoms with Crippen LogP contribution >= 0.6 is 0 Å². The third-order valence-electron chi connectivity index (χ3n) is 6.63.